The lowest BCUT2D eigenvalue weighted by Gasteiger charge is -2.32. The summed E-state index contributed by atoms with van der Waals surface area (Å²) >= 11 is 0. The molecule has 0 aliphatic carbocycles. The standard InChI is InChI=1S/C29H34N6O/c1-30-27-10-9-23(18-32-27)25-11-14-31-28-26(25)17-24(34(28)4)19-35-15-12-21(13-16-35)20-5-7-22(8-6-20)29(36)33(2)3/h5-11,14,17-18,21H,12-13,15-16,19H2,1-4H3,(H,30,32). The number of carbonyl (C=O) groups is 1. The van der Waals surface area contributed by atoms with E-state index in [4.69, 9.17) is 0 Å². The molecule has 0 radical (unpaired) electrons. The van der Waals surface area contributed by atoms with Crippen LogP contribution in [0.2, 0.25) is 0 Å². The van der Waals surface area contributed by atoms with Crippen molar-refractivity contribution in [1.29, 1.82) is 0 Å². The molecular formula is C29H34N6O. The number of aromatic nitrogens is 3. The maximum atomic E-state index is 12.2. The van der Waals surface area contributed by atoms with Gasteiger partial charge in [-0.05, 0) is 79.4 Å². The van der Waals surface area contributed by atoms with E-state index in [1.807, 2.05) is 37.6 Å². The zero-order valence-electron chi connectivity index (χ0n) is 21.5. The third-order valence-corrected chi connectivity index (χ3v) is 7.37. The number of anilines is 1. The molecule has 1 N–H and O–H groups in total. The second kappa shape index (κ2) is 10.1. The minimum atomic E-state index is 0.0511. The highest BCUT2D eigenvalue weighted by atomic mass is 16.2. The Hall–Kier alpha value is -3.71. The summed E-state index contributed by atoms with van der Waals surface area (Å²) in [6, 6.07) is 16.7. The van der Waals surface area contributed by atoms with Crippen LogP contribution < -0.4 is 5.32 Å². The number of benzene rings is 1. The fourth-order valence-corrected chi connectivity index (χ4v) is 5.19. The number of hydrogen-bond acceptors (Lipinski definition) is 5. The summed E-state index contributed by atoms with van der Waals surface area (Å²) < 4.78 is 2.22. The number of rotatable bonds is 6. The van der Waals surface area contributed by atoms with Gasteiger partial charge in [-0.25, -0.2) is 9.97 Å². The van der Waals surface area contributed by atoms with E-state index in [0.717, 1.165) is 66.0 Å². The molecular weight excluding hydrogens is 448 g/mol. The molecule has 1 amide bonds. The van der Waals surface area contributed by atoms with Crippen LogP contribution in [0.1, 0.15) is 40.4 Å². The largest absolute Gasteiger partial charge is 0.373 e. The minimum absolute atomic E-state index is 0.0511. The highest BCUT2D eigenvalue weighted by Crippen LogP contribution is 2.32. The van der Waals surface area contributed by atoms with E-state index in [1.54, 1.807) is 19.0 Å². The molecule has 36 heavy (non-hydrogen) atoms. The summed E-state index contributed by atoms with van der Waals surface area (Å²) in [7, 11) is 7.57. The lowest BCUT2D eigenvalue weighted by Crippen LogP contribution is -2.33. The van der Waals surface area contributed by atoms with Crippen LogP contribution in [0.5, 0.6) is 0 Å². The van der Waals surface area contributed by atoms with Crippen molar-refractivity contribution in [3.8, 4) is 11.1 Å². The number of carbonyl (C=O) groups excluding carboxylic acids is 1. The molecule has 1 fully saturated rings. The number of nitrogens with one attached hydrogen (secondary N) is 1. The quantitative estimate of drug-likeness (QED) is 0.429. The summed E-state index contributed by atoms with van der Waals surface area (Å²) in [4.78, 5) is 25.5. The predicted octanol–water partition coefficient (Wildman–Crippen LogP) is 4.76. The highest BCUT2D eigenvalue weighted by molar-refractivity contribution is 5.94. The average molecular weight is 483 g/mol. The molecule has 186 valence electrons. The lowest BCUT2D eigenvalue weighted by molar-refractivity contribution is 0.0827. The molecule has 0 saturated carbocycles. The summed E-state index contributed by atoms with van der Waals surface area (Å²) in [5, 5.41) is 4.24. The van der Waals surface area contributed by atoms with Crippen LogP contribution in [0.25, 0.3) is 22.2 Å². The van der Waals surface area contributed by atoms with Crippen molar-refractivity contribution in [1.82, 2.24) is 24.3 Å². The van der Waals surface area contributed by atoms with Gasteiger partial charge in [-0.1, -0.05) is 12.1 Å². The minimum Gasteiger partial charge on any atom is -0.373 e. The predicted molar refractivity (Wildman–Crippen MR) is 145 cm³/mol. The van der Waals surface area contributed by atoms with Crippen LogP contribution >= 0.6 is 0 Å². The van der Waals surface area contributed by atoms with Gasteiger partial charge in [0.2, 0.25) is 0 Å². The van der Waals surface area contributed by atoms with Gasteiger partial charge in [-0.15, -0.1) is 0 Å². The fourth-order valence-electron chi connectivity index (χ4n) is 5.19. The number of amides is 1. The van der Waals surface area contributed by atoms with Crippen molar-refractivity contribution < 1.29 is 4.79 Å². The molecule has 0 spiro atoms. The van der Waals surface area contributed by atoms with Crippen LogP contribution in [0.15, 0.2) is 60.9 Å². The molecule has 1 aliphatic rings. The van der Waals surface area contributed by atoms with Crippen LogP contribution in [-0.2, 0) is 13.6 Å². The van der Waals surface area contributed by atoms with Gasteiger partial charge in [0.15, 0.2) is 0 Å². The van der Waals surface area contributed by atoms with Crippen LogP contribution in [-0.4, -0.2) is 64.5 Å². The van der Waals surface area contributed by atoms with E-state index in [-0.39, 0.29) is 5.91 Å². The fraction of sp³-hybridized carbons (Fsp3) is 0.345. The Balaban J connectivity index is 1.28. The smallest absolute Gasteiger partial charge is 0.253 e. The SMILES string of the molecule is CNc1ccc(-c2ccnc3c2cc(CN2CCC(c4ccc(C(=O)N(C)C)cc4)CC2)n3C)cn1. The molecule has 4 heterocycles. The molecule has 4 aromatic rings. The van der Waals surface area contributed by atoms with E-state index in [0.29, 0.717) is 5.92 Å². The van der Waals surface area contributed by atoms with Crippen LogP contribution in [0.3, 0.4) is 0 Å². The third kappa shape index (κ3) is 4.71. The third-order valence-electron chi connectivity index (χ3n) is 7.37. The van der Waals surface area contributed by atoms with Crippen molar-refractivity contribution in [3.63, 3.8) is 0 Å². The van der Waals surface area contributed by atoms with E-state index in [2.05, 4.69) is 62.1 Å². The number of hydrogen-bond donors (Lipinski definition) is 1. The summed E-state index contributed by atoms with van der Waals surface area (Å²) in [5.41, 5.74) is 6.61. The van der Waals surface area contributed by atoms with Crippen molar-refractivity contribution in [2.24, 2.45) is 7.05 Å². The number of pyridine rings is 2. The summed E-state index contributed by atoms with van der Waals surface area (Å²) in [6.45, 7) is 3.02. The number of aryl methyl sites for hydroxylation is 1. The molecule has 1 aromatic carbocycles. The summed E-state index contributed by atoms with van der Waals surface area (Å²) in [6.07, 6.45) is 6.05. The lowest BCUT2D eigenvalue weighted by atomic mass is 9.89. The van der Waals surface area contributed by atoms with Gasteiger partial charge < -0.3 is 14.8 Å². The van der Waals surface area contributed by atoms with Crippen molar-refractivity contribution in [2.45, 2.75) is 25.3 Å². The monoisotopic (exact) mass is 482 g/mol. The molecule has 3 aromatic heterocycles. The molecule has 1 saturated heterocycles. The van der Waals surface area contributed by atoms with E-state index in [1.165, 1.54) is 11.3 Å². The molecule has 7 heteroatoms. The number of piperidine rings is 1. The Morgan fingerprint density at radius 3 is 2.44 bits per heavy atom. The van der Waals surface area contributed by atoms with Crippen molar-refractivity contribution >= 4 is 22.8 Å². The van der Waals surface area contributed by atoms with Gasteiger partial charge in [0.25, 0.3) is 5.91 Å². The molecule has 0 atom stereocenters. The topological polar surface area (TPSA) is 66.3 Å². The number of likely N-dealkylation sites (tertiary alicyclic amines) is 1. The van der Waals surface area contributed by atoms with Gasteiger partial charge in [-0.2, -0.15) is 0 Å². The first-order valence-corrected chi connectivity index (χ1v) is 12.6. The Labute approximate surface area is 212 Å². The maximum Gasteiger partial charge on any atom is 0.253 e. The van der Waals surface area contributed by atoms with E-state index < -0.39 is 0 Å². The van der Waals surface area contributed by atoms with Crippen molar-refractivity contribution in [2.75, 3.05) is 39.5 Å². The van der Waals surface area contributed by atoms with E-state index >= 15 is 0 Å². The first-order chi connectivity index (χ1) is 17.4. The van der Waals surface area contributed by atoms with E-state index in [9.17, 15) is 4.79 Å². The van der Waals surface area contributed by atoms with Gasteiger partial charge >= 0.3 is 0 Å². The zero-order valence-corrected chi connectivity index (χ0v) is 21.5. The van der Waals surface area contributed by atoms with Gasteiger partial charge in [0.1, 0.15) is 11.5 Å². The summed E-state index contributed by atoms with van der Waals surface area (Å²) in [5.74, 6) is 1.45. The second-order valence-electron chi connectivity index (χ2n) is 9.84. The Morgan fingerprint density at radius 2 is 1.81 bits per heavy atom. The Bertz CT molecular complexity index is 1350. The van der Waals surface area contributed by atoms with Gasteiger partial charge in [-0.3, -0.25) is 9.69 Å². The van der Waals surface area contributed by atoms with Gasteiger partial charge in [0, 0.05) is 69.3 Å². The first kappa shape index (κ1) is 24.0. The maximum absolute atomic E-state index is 12.2. The molecule has 1 aliphatic heterocycles. The molecule has 0 unspecified atom stereocenters. The normalized spacial score (nSPS) is 14.8. The molecule has 7 nitrogen and oxygen atoms in total. The Kier molecular flexibility index (Phi) is 6.74. The number of fused-ring (bicyclic) bond motifs is 1. The Morgan fingerprint density at radius 1 is 1.06 bits per heavy atom. The van der Waals surface area contributed by atoms with Crippen LogP contribution in [0.4, 0.5) is 5.82 Å². The van der Waals surface area contributed by atoms with Crippen molar-refractivity contribution in [3.05, 3.63) is 77.7 Å². The molecule has 0 bridgehead atoms. The first-order valence-electron chi connectivity index (χ1n) is 12.6. The average Bonchev–Trinajstić information content (AvgIpc) is 3.24. The van der Waals surface area contributed by atoms with Crippen LogP contribution in [0, 0.1) is 0 Å². The second-order valence-corrected chi connectivity index (χ2v) is 9.84. The molecule has 5 rings (SSSR count). The van der Waals surface area contributed by atoms with Gasteiger partial charge in [0.05, 0.1) is 0 Å². The number of nitrogens with zero attached hydrogens (tertiary/aromatic N) is 5. The zero-order chi connectivity index (χ0) is 25.2. The highest BCUT2D eigenvalue weighted by Gasteiger charge is 2.22.